The lowest BCUT2D eigenvalue weighted by Gasteiger charge is -2.47. The average molecular weight is 597 g/mol. The summed E-state index contributed by atoms with van der Waals surface area (Å²) in [5.74, 6) is 0.715. The first-order valence-corrected chi connectivity index (χ1v) is 16.0. The van der Waals surface area contributed by atoms with Crippen LogP contribution in [0.2, 0.25) is 0 Å². The third-order valence-electron chi connectivity index (χ3n) is 7.05. The monoisotopic (exact) mass is 596 g/mol. The minimum absolute atomic E-state index is 0. The molecule has 1 saturated heterocycles. The number of aliphatic hydroxyl groups excluding tert-OH is 1. The van der Waals surface area contributed by atoms with E-state index in [1.807, 2.05) is 43.3 Å². The summed E-state index contributed by atoms with van der Waals surface area (Å²) in [5, 5.41) is 20.8. The van der Waals surface area contributed by atoms with Crippen LogP contribution in [-0.2, 0) is 6.42 Å². The SMILES string of the molecule is CCNc1cc(C(=O)N[C@@H](Cc2ccccc2)[C@H](O)CNCCCCC(C)C)cc(N2CCCCS2(O)O)c1.Cl. The van der Waals surface area contributed by atoms with E-state index in [1.54, 1.807) is 16.4 Å². The number of unbranched alkanes of at least 4 members (excludes halogenated alkanes) is 1. The minimum Gasteiger partial charge on any atom is -0.390 e. The zero-order chi connectivity index (χ0) is 28.3. The van der Waals surface area contributed by atoms with E-state index in [0.717, 1.165) is 43.5 Å². The van der Waals surface area contributed by atoms with Gasteiger partial charge in [-0.2, -0.15) is 0 Å². The molecule has 10 heteroatoms. The molecule has 1 heterocycles. The lowest BCUT2D eigenvalue weighted by Crippen LogP contribution is -2.49. The highest BCUT2D eigenvalue weighted by atomic mass is 35.5. The van der Waals surface area contributed by atoms with E-state index in [4.69, 9.17) is 0 Å². The molecule has 226 valence electrons. The summed E-state index contributed by atoms with van der Waals surface area (Å²) in [7, 11) is -2.92. The van der Waals surface area contributed by atoms with Crippen molar-refractivity contribution in [1.82, 2.24) is 10.6 Å². The molecule has 40 heavy (non-hydrogen) atoms. The predicted molar refractivity (Wildman–Crippen MR) is 171 cm³/mol. The van der Waals surface area contributed by atoms with Crippen molar-refractivity contribution in [1.29, 1.82) is 0 Å². The van der Waals surface area contributed by atoms with E-state index >= 15 is 0 Å². The van der Waals surface area contributed by atoms with Crippen LogP contribution in [0.15, 0.2) is 48.5 Å². The van der Waals surface area contributed by atoms with E-state index in [1.165, 1.54) is 6.42 Å². The first-order valence-electron chi connectivity index (χ1n) is 14.4. The number of aliphatic hydroxyl groups is 1. The second kappa shape index (κ2) is 17.1. The number of halogens is 1. The summed E-state index contributed by atoms with van der Waals surface area (Å²) in [6, 6.07) is 14.7. The molecule has 0 spiro atoms. The third-order valence-corrected chi connectivity index (χ3v) is 8.98. The number of hydrogen-bond acceptors (Lipinski definition) is 7. The van der Waals surface area contributed by atoms with Crippen LogP contribution in [-0.4, -0.2) is 64.2 Å². The molecular weight excluding hydrogens is 548 g/mol. The highest BCUT2D eigenvalue weighted by Crippen LogP contribution is 2.50. The standard InChI is InChI=1S/C30H48N4O4S.ClH/c1-4-32-26-19-25(20-27(21-26)34-16-10-11-17-39(34,37)38)30(36)33-28(18-24-13-6-5-7-14-24)29(35)22-31-15-9-8-12-23(2)3;/h5-7,13-14,19-21,23,28-29,31-32,35,37-38H,4,8-12,15-18,22H2,1-3H3,(H,33,36);1H/t28-,29+;/m0./s1. The zero-order valence-corrected chi connectivity index (χ0v) is 25.8. The van der Waals surface area contributed by atoms with Crippen molar-refractivity contribution in [3.63, 3.8) is 0 Å². The van der Waals surface area contributed by atoms with Gasteiger partial charge in [0.15, 0.2) is 0 Å². The van der Waals surface area contributed by atoms with Gasteiger partial charge in [-0.1, -0.05) is 57.0 Å². The number of hydrogen-bond donors (Lipinski definition) is 6. The maximum Gasteiger partial charge on any atom is 0.251 e. The molecule has 1 aliphatic heterocycles. The molecule has 6 N–H and O–H groups in total. The van der Waals surface area contributed by atoms with Crippen molar-refractivity contribution < 1.29 is 19.0 Å². The second-order valence-electron chi connectivity index (χ2n) is 10.9. The lowest BCUT2D eigenvalue weighted by molar-refractivity contribution is 0.0830. The number of benzene rings is 2. The molecule has 3 rings (SSSR count). The Hall–Kier alpha value is -2.01. The molecule has 0 radical (unpaired) electrons. The van der Waals surface area contributed by atoms with Crippen LogP contribution >= 0.6 is 23.2 Å². The van der Waals surface area contributed by atoms with Crippen molar-refractivity contribution in [2.24, 2.45) is 5.92 Å². The third kappa shape index (κ3) is 10.8. The van der Waals surface area contributed by atoms with Gasteiger partial charge in [0.1, 0.15) is 0 Å². The fraction of sp³-hybridized carbons (Fsp3) is 0.567. The summed E-state index contributed by atoms with van der Waals surface area (Å²) in [5.41, 5.74) is 2.80. The molecule has 0 aliphatic carbocycles. The first-order chi connectivity index (χ1) is 18.7. The van der Waals surface area contributed by atoms with Crippen molar-refractivity contribution in [2.75, 3.05) is 41.6 Å². The fourth-order valence-electron chi connectivity index (χ4n) is 4.90. The topological polar surface area (TPSA) is 117 Å². The molecule has 0 saturated carbocycles. The molecule has 1 fully saturated rings. The van der Waals surface area contributed by atoms with E-state index in [2.05, 4.69) is 29.8 Å². The Balaban J connectivity index is 0.00000560. The molecular formula is C30H49ClN4O4S. The van der Waals surface area contributed by atoms with Crippen LogP contribution in [0.1, 0.15) is 68.8 Å². The molecule has 1 amide bonds. The molecule has 0 aromatic heterocycles. The molecule has 2 aromatic rings. The van der Waals surface area contributed by atoms with Gasteiger partial charge in [0.25, 0.3) is 5.91 Å². The van der Waals surface area contributed by atoms with E-state index in [-0.39, 0.29) is 18.3 Å². The van der Waals surface area contributed by atoms with Crippen molar-refractivity contribution in [3.05, 3.63) is 59.7 Å². The number of nitrogens with one attached hydrogen (secondary N) is 3. The summed E-state index contributed by atoms with van der Waals surface area (Å²) in [6.45, 7) is 8.83. The van der Waals surface area contributed by atoms with Gasteiger partial charge in [-0.3, -0.25) is 18.2 Å². The minimum atomic E-state index is -2.92. The van der Waals surface area contributed by atoms with Crippen molar-refractivity contribution in [2.45, 2.75) is 71.4 Å². The number of nitrogens with zero attached hydrogens (tertiary/aromatic N) is 1. The molecule has 2 atom stereocenters. The Labute approximate surface area is 248 Å². The highest BCUT2D eigenvalue weighted by Gasteiger charge is 2.28. The van der Waals surface area contributed by atoms with E-state index in [0.29, 0.717) is 49.0 Å². The highest BCUT2D eigenvalue weighted by molar-refractivity contribution is 8.25. The van der Waals surface area contributed by atoms with Gasteiger partial charge in [0.05, 0.1) is 23.6 Å². The van der Waals surface area contributed by atoms with E-state index < -0.39 is 22.9 Å². The van der Waals surface area contributed by atoms with Crippen LogP contribution in [0.25, 0.3) is 0 Å². The number of carbonyl (C=O) groups is 1. The first kappa shape index (κ1) is 34.2. The van der Waals surface area contributed by atoms with Gasteiger partial charge >= 0.3 is 0 Å². The van der Waals surface area contributed by atoms with Gasteiger partial charge in [0, 0.05) is 30.9 Å². The maximum atomic E-state index is 13.6. The fourth-order valence-corrected chi connectivity index (χ4v) is 6.57. The molecule has 0 unspecified atom stereocenters. The van der Waals surface area contributed by atoms with Crippen LogP contribution in [0, 0.1) is 5.92 Å². The maximum absolute atomic E-state index is 13.6. The van der Waals surface area contributed by atoms with Crippen LogP contribution < -0.4 is 20.3 Å². The lowest BCUT2D eigenvalue weighted by atomic mass is 10.00. The van der Waals surface area contributed by atoms with Crippen LogP contribution in [0.5, 0.6) is 0 Å². The molecule has 8 nitrogen and oxygen atoms in total. The van der Waals surface area contributed by atoms with E-state index in [9.17, 15) is 19.0 Å². The largest absolute Gasteiger partial charge is 0.390 e. The smallest absolute Gasteiger partial charge is 0.251 e. The van der Waals surface area contributed by atoms with Crippen LogP contribution in [0.4, 0.5) is 11.4 Å². The van der Waals surface area contributed by atoms with Crippen LogP contribution in [0.3, 0.4) is 0 Å². The Morgan fingerprint density at radius 2 is 1.82 bits per heavy atom. The van der Waals surface area contributed by atoms with Crippen molar-refractivity contribution >= 4 is 40.5 Å². The quantitative estimate of drug-likeness (QED) is 0.141. The molecule has 1 aliphatic rings. The normalized spacial score (nSPS) is 17.0. The van der Waals surface area contributed by atoms with Gasteiger partial charge in [0.2, 0.25) is 0 Å². The van der Waals surface area contributed by atoms with Gasteiger partial charge in [-0.25, -0.2) is 0 Å². The number of rotatable bonds is 15. The van der Waals surface area contributed by atoms with Gasteiger partial charge < -0.3 is 21.1 Å². The Morgan fingerprint density at radius 1 is 1.07 bits per heavy atom. The summed E-state index contributed by atoms with van der Waals surface area (Å²) in [4.78, 5) is 13.6. The Kier molecular flexibility index (Phi) is 14.6. The zero-order valence-electron chi connectivity index (χ0n) is 24.1. The number of amides is 1. The Bertz CT molecular complexity index is 1030. The molecule has 2 aromatic carbocycles. The Morgan fingerprint density at radius 3 is 2.50 bits per heavy atom. The summed E-state index contributed by atoms with van der Waals surface area (Å²) in [6.07, 6.45) is 4.74. The second-order valence-corrected chi connectivity index (χ2v) is 13.0. The number of anilines is 2. The number of carbonyl (C=O) groups excluding carboxylic acids is 1. The predicted octanol–water partition coefficient (Wildman–Crippen LogP) is 5.92. The summed E-state index contributed by atoms with van der Waals surface area (Å²) < 4.78 is 23.0. The molecule has 0 bridgehead atoms. The average Bonchev–Trinajstić information content (AvgIpc) is 2.90. The summed E-state index contributed by atoms with van der Waals surface area (Å²) >= 11 is 0. The van der Waals surface area contributed by atoms with Gasteiger partial charge in [-0.05, 0) is 68.8 Å². The van der Waals surface area contributed by atoms with Gasteiger partial charge in [-0.15, -0.1) is 23.2 Å². The van der Waals surface area contributed by atoms with Crippen molar-refractivity contribution in [3.8, 4) is 0 Å².